The standard InChI is InChI=1S/C54H34O5P2/c1-5-17-39-33(11-1)25-29-43-49(39)50-40-18-6-2-12-34(40)26-30-44(50)57-60(56-43)47-21-9-15-37-23-24-38-16-10-22-48(54(38)55-53(37)47)61-58-45-31-27-35-13-3-7-19-41(35)51(45)52-42-20-8-4-14-36(42)28-32-46(52)59-61/h1-22,25-32H,23-24H2. The van der Waals surface area contributed by atoms with Crippen molar-refractivity contribution in [1.29, 1.82) is 0 Å². The summed E-state index contributed by atoms with van der Waals surface area (Å²) in [5.41, 5.74) is 5.34. The zero-order valence-electron chi connectivity index (χ0n) is 32.7. The third-order valence-corrected chi connectivity index (χ3v) is 15.1. The van der Waals surface area contributed by atoms with Crippen molar-refractivity contribution in [2.75, 3.05) is 0 Å². The summed E-state index contributed by atoms with van der Waals surface area (Å²) in [7, 11) is -3.41. The number of ether oxygens (including phenoxy) is 1. The van der Waals surface area contributed by atoms with Gasteiger partial charge in [-0.15, -0.1) is 0 Å². The van der Waals surface area contributed by atoms with E-state index in [4.69, 9.17) is 21.5 Å². The van der Waals surface area contributed by atoms with Crippen LogP contribution in [0.2, 0.25) is 0 Å². The number of fused-ring (bicyclic) bond motifs is 16. The van der Waals surface area contributed by atoms with Crippen LogP contribution in [0.25, 0.3) is 97.6 Å². The van der Waals surface area contributed by atoms with Crippen LogP contribution in [0, 0.1) is 0 Å². The van der Waals surface area contributed by atoms with Crippen molar-refractivity contribution in [2.45, 2.75) is 12.8 Å². The molecule has 13 rings (SSSR count). The minimum absolute atomic E-state index is 0.758. The van der Waals surface area contributed by atoms with Crippen LogP contribution in [0.3, 0.4) is 0 Å². The first-order valence-electron chi connectivity index (χ1n) is 20.5. The van der Waals surface area contributed by atoms with Gasteiger partial charge in [-0.1, -0.05) is 146 Å². The van der Waals surface area contributed by atoms with E-state index in [1.165, 1.54) is 0 Å². The van der Waals surface area contributed by atoms with Crippen LogP contribution >= 0.6 is 16.0 Å². The van der Waals surface area contributed by atoms with E-state index >= 15 is 0 Å². The van der Waals surface area contributed by atoms with Crippen LogP contribution in [0.15, 0.2) is 199 Å². The first kappa shape index (κ1) is 34.7. The van der Waals surface area contributed by atoms with Crippen molar-refractivity contribution >= 4 is 103 Å². The molecule has 0 radical (unpaired) electrons. The lowest BCUT2D eigenvalue weighted by Gasteiger charge is -2.14. The molecule has 0 unspecified atom stereocenters. The van der Waals surface area contributed by atoms with Crippen molar-refractivity contribution in [2.24, 2.45) is 0 Å². The average molecular weight is 825 g/mol. The topological polar surface area (TPSA) is 61.8 Å². The van der Waals surface area contributed by atoms with Crippen molar-refractivity contribution in [1.82, 2.24) is 0 Å². The zero-order chi connectivity index (χ0) is 40.0. The number of aryl methyl sites for hydroxylation is 2. The quantitative estimate of drug-likeness (QED) is 0.174. The van der Waals surface area contributed by atoms with Gasteiger partial charge in [0.15, 0.2) is 0 Å². The summed E-state index contributed by atoms with van der Waals surface area (Å²) in [5.74, 6) is 1.52. The molecule has 10 aromatic carbocycles. The molecule has 290 valence electrons. The molecule has 0 bridgehead atoms. The monoisotopic (exact) mass is 824 g/mol. The van der Waals surface area contributed by atoms with Gasteiger partial charge in [0, 0.05) is 21.5 Å². The van der Waals surface area contributed by atoms with E-state index in [-0.39, 0.29) is 0 Å². The third-order valence-electron chi connectivity index (χ3n) is 12.2. The van der Waals surface area contributed by atoms with E-state index in [1.54, 1.807) is 0 Å². The second-order valence-corrected chi connectivity index (χ2v) is 18.4. The molecule has 1 aliphatic rings. The maximum absolute atomic E-state index is 7.30. The first-order valence-corrected chi connectivity index (χ1v) is 22.9. The highest BCUT2D eigenvalue weighted by Gasteiger charge is 2.26. The fourth-order valence-corrected chi connectivity index (χ4v) is 12.3. The Morgan fingerprint density at radius 1 is 0.295 bits per heavy atom. The van der Waals surface area contributed by atoms with Gasteiger partial charge in [-0.25, -0.2) is 0 Å². The molecule has 61 heavy (non-hydrogen) atoms. The Balaban J connectivity index is 1.06. The molecule has 0 N–H and O–H groups in total. The SMILES string of the molecule is c1cc2c(c(-p3oc4ccc5ccccc5c4c4c(ccc5ccccc54)o3)c1)Oc1c(cccc1-p1oc3ccc4ccccc4c3c3c(ccc4ccccc43)o1)CC2. The second-order valence-electron chi connectivity index (χ2n) is 15.7. The van der Waals surface area contributed by atoms with E-state index in [1.807, 2.05) is 0 Å². The maximum atomic E-state index is 7.30. The largest absolute Gasteiger partial charge is 0.454 e. The van der Waals surface area contributed by atoms with Crippen molar-refractivity contribution in [3.8, 4) is 22.1 Å². The highest BCUT2D eigenvalue weighted by Crippen LogP contribution is 2.56. The van der Waals surface area contributed by atoms with Crippen LogP contribution in [-0.2, 0) is 12.8 Å². The number of rotatable bonds is 2. The first-order chi connectivity index (χ1) is 30.2. The van der Waals surface area contributed by atoms with Gasteiger partial charge >= 0.3 is 0 Å². The second kappa shape index (κ2) is 13.7. The van der Waals surface area contributed by atoms with Crippen LogP contribution < -0.4 is 4.74 Å². The molecule has 5 nitrogen and oxygen atoms in total. The van der Waals surface area contributed by atoms with Gasteiger partial charge < -0.3 is 21.5 Å². The molecule has 3 heterocycles. The molecule has 0 spiro atoms. The van der Waals surface area contributed by atoms with Gasteiger partial charge in [0.25, 0.3) is 16.0 Å². The number of hydrogen-bond acceptors (Lipinski definition) is 5. The molecule has 1 aliphatic heterocycles. The van der Waals surface area contributed by atoms with Crippen LogP contribution in [0.1, 0.15) is 11.1 Å². The summed E-state index contributed by atoms with van der Waals surface area (Å²) < 4.78 is 35.7. The van der Waals surface area contributed by atoms with Gasteiger partial charge in [0.2, 0.25) is 0 Å². The summed E-state index contributed by atoms with van der Waals surface area (Å²) in [4.78, 5) is 0. The average Bonchev–Trinajstić information content (AvgIpc) is 3.70. The Kier molecular flexibility index (Phi) is 7.78. The molecule has 2 aromatic heterocycles. The summed E-state index contributed by atoms with van der Waals surface area (Å²) in [6.07, 6.45) is 1.57. The summed E-state index contributed by atoms with van der Waals surface area (Å²) in [5, 5.41) is 15.0. The number of hydrogen-bond donors (Lipinski definition) is 0. The molecule has 0 aliphatic carbocycles. The van der Waals surface area contributed by atoms with E-state index in [2.05, 4.69) is 182 Å². The fourth-order valence-electron chi connectivity index (χ4n) is 9.36. The predicted molar refractivity (Wildman–Crippen MR) is 253 cm³/mol. The molecule has 12 aromatic rings. The van der Waals surface area contributed by atoms with Gasteiger partial charge in [0.05, 0.1) is 0 Å². The molecular weight excluding hydrogens is 791 g/mol. The maximum Gasteiger partial charge on any atom is 0.256 e. The van der Waals surface area contributed by atoms with E-state index in [0.29, 0.717) is 0 Å². The van der Waals surface area contributed by atoms with Gasteiger partial charge in [0.1, 0.15) is 44.4 Å². The van der Waals surface area contributed by atoms with Crippen LogP contribution in [0.4, 0.5) is 0 Å². The van der Waals surface area contributed by atoms with E-state index in [9.17, 15) is 0 Å². The van der Waals surface area contributed by atoms with E-state index < -0.39 is 16.0 Å². The lowest BCUT2D eigenvalue weighted by molar-refractivity contribution is 0.483. The Morgan fingerprint density at radius 2 is 0.607 bits per heavy atom. The van der Waals surface area contributed by atoms with Crippen molar-refractivity contribution < 1.29 is 21.5 Å². The molecule has 0 saturated carbocycles. The summed E-state index contributed by atoms with van der Waals surface area (Å²) >= 11 is 0. The molecular formula is C54H34O5P2. The summed E-state index contributed by atoms with van der Waals surface area (Å²) in [6, 6.07) is 63.6. The lowest BCUT2D eigenvalue weighted by atomic mass is 9.99. The highest BCUT2D eigenvalue weighted by molar-refractivity contribution is 7.46. The van der Waals surface area contributed by atoms with E-state index in [0.717, 1.165) is 133 Å². The van der Waals surface area contributed by atoms with Crippen molar-refractivity contribution in [3.05, 3.63) is 193 Å². The normalized spacial score (nSPS) is 12.6. The third kappa shape index (κ3) is 5.48. The van der Waals surface area contributed by atoms with Gasteiger partial charge in [-0.2, -0.15) is 0 Å². The minimum Gasteiger partial charge on any atom is -0.454 e. The molecule has 0 amide bonds. The van der Waals surface area contributed by atoms with Crippen LogP contribution in [-0.4, -0.2) is 0 Å². The molecule has 7 heteroatoms. The Bertz CT molecular complexity index is 3430. The predicted octanol–water partition coefficient (Wildman–Crippen LogP) is 17.4. The van der Waals surface area contributed by atoms with Gasteiger partial charge in [-0.3, -0.25) is 0 Å². The smallest absolute Gasteiger partial charge is 0.256 e. The van der Waals surface area contributed by atoms with Gasteiger partial charge in [-0.05, 0) is 103 Å². The Morgan fingerprint density at radius 3 is 0.934 bits per heavy atom. The fraction of sp³-hybridized carbons (Fsp3) is 0.0370. The molecule has 0 saturated heterocycles. The van der Waals surface area contributed by atoms with Crippen molar-refractivity contribution in [3.63, 3.8) is 0 Å². The minimum atomic E-state index is -1.71. The van der Waals surface area contributed by atoms with Crippen LogP contribution in [0.5, 0.6) is 11.5 Å². The Labute approximate surface area is 351 Å². The number of benzene rings is 10. The lowest BCUT2D eigenvalue weighted by Crippen LogP contribution is -1.90. The highest BCUT2D eigenvalue weighted by atomic mass is 31.1. The number of para-hydroxylation sites is 2. The molecule has 0 fully saturated rings. The summed E-state index contributed by atoms with van der Waals surface area (Å²) in [6.45, 7) is 0. The Hall–Kier alpha value is -7.16. The molecule has 0 atom stereocenters. The zero-order valence-corrected chi connectivity index (χ0v) is 34.5.